The summed E-state index contributed by atoms with van der Waals surface area (Å²) in [5.74, 6) is 0. The first-order valence-corrected chi connectivity index (χ1v) is 4.53. The molecule has 1 N–H and O–H groups in total. The highest BCUT2D eigenvalue weighted by Gasteiger charge is 1.92. The highest BCUT2D eigenvalue weighted by atomic mass is 16.5. The van der Waals surface area contributed by atoms with Gasteiger partial charge in [0.15, 0.2) is 0 Å². The minimum atomic E-state index is 0. The molecular weight excluding hydrogens is 176 g/mol. The Kier molecular flexibility index (Phi) is 7.80. The van der Waals surface area contributed by atoms with Gasteiger partial charge in [0, 0.05) is 8.54 Å². The van der Waals surface area contributed by atoms with E-state index in [9.17, 15) is 0 Å². The Morgan fingerprint density at radius 3 is 2.57 bits per heavy atom. The molecule has 0 radical (unpaired) electrons. The van der Waals surface area contributed by atoms with E-state index >= 15 is 0 Å². The second-order valence-electron chi connectivity index (χ2n) is 2.82. The molecule has 0 amide bonds. The van der Waals surface area contributed by atoms with Crippen LogP contribution in [0.4, 0.5) is 0 Å². The minimum absolute atomic E-state index is 0. The number of ether oxygens (including phenoxy) is 1. The number of hydrogen-bond acceptors (Lipinski definition) is 2. The molecule has 0 saturated carbocycles. The molecule has 0 aliphatic heterocycles. The van der Waals surface area contributed by atoms with Gasteiger partial charge in [0.05, 0.1) is 13.2 Å². The lowest BCUT2D eigenvalue weighted by molar-refractivity contribution is 0.184. The summed E-state index contributed by atoms with van der Waals surface area (Å²) in [5.41, 5.74) is 2.03. The van der Waals surface area contributed by atoms with Gasteiger partial charge in [-0.05, 0) is 18.1 Å². The van der Waals surface area contributed by atoms with Crippen LogP contribution in [0, 0.1) is 0 Å². The maximum absolute atomic E-state index is 8.79. The van der Waals surface area contributed by atoms with Crippen LogP contribution in [-0.2, 0) is 18.0 Å². The molecule has 0 atom stereocenters. The van der Waals surface area contributed by atoms with Gasteiger partial charge in [0.25, 0.3) is 0 Å². The standard InChI is InChI=1S/C9H12O2.C3H6.H2/c1-11-7-9-4-2-3-8(5-9)6-10;1-3-2;/h2-5,10H,6-7H2,1H3;3H,1H2,2H3;1H. The molecule has 0 aliphatic carbocycles. The van der Waals surface area contributed by atoms with Gasteiger partial charge in [0.2, 0.25) is 0 Å². The molecule has 14 heavy (non-hydrogen) atoms. The fourth-order valence-corrected chi connectivity index (χ4v) is 0.984. The highest BCUT2D eigenvalue weighted by Crippen LogP contribution is 2.05. The van der Waals surface area contributed by atoms with E-state index in [0.717, 1.165) is 11.1 Å². The number of aliphatic hydroxyl groups is 1. The van der Waals surface area contributed by atoms with Crippen molar-refractivity contribution in [3.05, 3.63) is 48.0 Å². The molecule has 2 nitrogen and oxygen atoms in total. The number of hydrogen-bond donors (Lipinski definition) is 1. The molecule has 1 aromatic carbocycles. The van der Waals surface area contributed by atoms with Gasteiger partial charge < -0.3 is 9.84 Å². The Labute approximate surface area is 87.3 Å². The van der Waals surface area contributed by atoms with Crippen molar-refractivity contribution in [2.75, 3.05) is 7.11 Å². The van der Waals surface area contributed by atoms with Crippen LogP contribution in [0.3, 0.4) is 0 Å². The van der Waals surface area contributed by atoms with E-state index in [0.29, 0.717) is 6.61 Å². The van der Waals surface area contributed by atoms with Crippen LogP contribution in [0.5, 0.6) is 0 Å². The lowest BCUT2D eigenvalue weighted by Crippen LogP contribution is -1.89. The number of allylic oxidation sites excluding steroid dienone is 1. The molecule has 80 valence electrons. The third-order valence-corrected chi connectivity index (χ3v) is 1.48. The van der Waals surface area contributed by atoms with Gasteiger partial charge in [-0.15, -0.1) is 6.58 Å². The van der Waals surface area contributed by atoms with E-state index < -0.39 is 0 Å². The van der Waals surface area contributed by atoms with Crippen LogP contribution >= 0.6 is 0 Å². The van der Waals surface area contributed by atoms with Crippen molar-refractivity contribution in [1.82, 2.24) is 0 Å². The smallest absolute Gasteiger partial charge is 0.0713 e. The molecule has 0 aromatic heterocycles. The molecule has 0 unspecified atom stereocenters. The molecule has 0 aliphatic rings. The number of aliphatic hydroxyl groups excluding tert-OH is 1. The predicted molar refractivity (Wildman–Crippen MR) is 61.1 cm³/mol. The van der Waals surface area contributed by atoms with Crippen molar-refractivity contribution in [2.45, 2.75) is 20.1 Å². The lowest BCUT2D eigenvalue weighted by atomic mass is 10.1. The van der Waals surface area contributed by atoms with E-state index in [2.05, 4.69) is 6.58 Å². The van der Waals surface area contributed by atoms with Crippen LogP contribution < -0.4 is 0 Å². The normalized spacial score (nSPS) is 8.79. The second-order valence-corrected chi connectivity index (χ2v) is 2.82. The molecule has 0 heterocycles. The number of methoxy groups -OCH3 is 1. The first-order chi connectivity index (χ1) is 6.78. The van der Waals surface area contributed by atoms with Gasteiger partial charge >= 0.3 is 0 Å². The monoisotopic (exact) mass is 196 g/mol. The van der Waals surface area contributed by atoms with Gasteiger partial charge in [-0.2, -0.15) is 0 Å². The number of rotatable bonds is 3. The van der Waals surface area contributed by atoms with E-state index in [1.54, 1.807) is 13.2 Å². The van der Waals surface area contributed by atoms with Crippen LogP contribution in [-0.4, -0.2) is 12.2 Å². The zero-order valence-electron chi connectivity index (χ0n) is 8.86. The summed E-state index contributed by atoms with van der Waals surface area (Å²) in [4.78, 5) is 0. The molecular formula is C12H20O2. The first-order valence-electron chi connectivity index (χ1n) is 4.53. The summed E-state index contributed by atoms with van der Waals surface area (Å²) in [6.07, 6.45) is 1.75. The van der Waals surface area contributed by atoms with Crippen LogP contribution in [0.15, 0.2) is 36.9 Å². The predicted octanol–water partition coefficient (Wildman–Crippen LogP) is 2.76. The van der Waals surface area contributed by atoms with Gasteiger partial charge in [0.1, 0.15) is 0 Å². The Hall–Kier alpha value is -1.12. The highest BCUT2D eigenvalue weighted by molar-refractivity contribution is 5.22. The molecule has 0 saturated heterocycles. The quantitative estimate of drug-likeness (QED) is 0.753. The molecule has 0 spiro atoms. The third-order valence-electron chi connectivity index (χ3n) is 1.48. The van der Waals surface area contributed by atoms with Crippen molar-refractivity contribution < 1.29 is 11.3 Å². The van der Waals surface area contributed by atoms with E-state index in [1.807, 2.05) is 31.2 Å². The average molecular weight is 196 g/mol. The van der Waals surface area contributed by atoms with Gasteiger partial charge in [-0.1, -0.05) is 30.3 Å². The summed E-state index contributed by atoms with van der Waals surface area (Å²) in [5, 5.41) is 8.79. The first kappa shape index (κ1) is 12.9. The summed E-state index contributed by atoms with van der Waals surface area (Å²) >= 11 is 0. The van der Waals surface area contributed by atoms with Gasteiger partial charge in [-0.25, -0.2) is 0 Å². The van der Waals surface area contributed by atoms with Crippen molar-refractivity contribution in [1.29, 1.82) is 0 Å². The topological polar surface area (TPSA) is 29.5 Å². The molecule has 1 rings (SSSR count). The second kappa shape index (κ2) is 8.48. The van der Waals surface area contributed by atoms with Gasteiger partial charge in [-0.3, -0.25) is 0 Å². The van der Waals surface area contributed by atoms with Crippen LogP contribution in [0.1, 0.15) is 19.5 Å². The van der Waals surface area contributed by atoms with E-state index in [4.69, 9.17) is 9.84 Å². The van der Waals surface area contributed by atoms with Crippen molar-refractivity contribution in [3.63, 3.8) is 0 Å². The van der Waals surface area contributed by atoms with Crippen molar-refractivity contribution in [3.8, 4) is 0 Å². The Morgan fingerprint density at radius 2 is 2.07 bits per heavy atom. The minimum Gasteiger partial charge on any atom is -0.392 e. The SMILES string of the molecule is C=CC.COCc1cccc(CO)c1.[HH]. The maximum atomic E-state index is 8.79. The molecule has 2 heteroatoms. The number of benzene rings is 1. The molecule has 0 fully saturated rings. The Balaban J connectivity index is 0. The Bertz CT molecular complexity index is 262. The fraction of sp³-hybridized carbons (Fsp3) is 0.333. The largest absolute Gasteiger partial charge is 0.392 e. The lowest BCUT2D eigenvalue weighted by Gasteiger charge is -2.00. The molecule has 0 bridgehead atoms. The summed E-state index contributed by atoms with van der Waals surface area (Å²) in [6, 6.07) is 7.71. The Morgan fingerprint density at radius 1 is 1.50 bits per heavy atom. The van der Waals surface area contributed by atoms with Crippen molar-refractivity contribution in [2.24, 2.45) is 0 Å². The van der Waals surface area contributed by atoms with Crippen LogP contribution in [0.25, 0.3) is 0 Å². The summed E-state index contributed by atoms with van der Waals surface area (Å²) in [7, 11) is 1.66. The van der Waals surface area contributed by atoms with Crippen molar-refractivity contribution >= 4 is 0 Å². The zero-order valence-corrected chi connectivity index (χ0v) is 8.86. The van der Waals surface area contributed by atoms with E-state index in [-0.39, 0.29) is 8.03 Å². The average Bonchev–Trinajstić information content (AvgIpc) is 2.20. The summed E-state index contributed by atoms with van der Waals surface area (Å²) < 4.78 is 4.95. The fourth-order valence-electron chi connectivity index (χ4n) is 0.984. The maximum Gasteiger partial charge on any atom is 0.0713 e. The third kappa shape index (κ3) is 5.51. The summed E-state index contributed by atoms with van der Waals surface area (Å²) in [6.45, 7) is 5.95. The van der Waals surface area contributed by atoms with E-state index in [1.165, 1.54) is 0 Å². The van der Waals surface area contributed by atoms with Crippen LogP contribution in [0.2, 0.25) is 0 Å². The zero-order chi connectivity index (χ0) is 10.8. The molecule has 1 aromatic rings.